The Hall–Kier alpha value is -0.300. The van der Waals surface area contributed by atoms with E-state index in [4.69, 9.17) is 0 Å². The number of rotatable bonds is 4. The molecule has 0 aromatic heterocycles. The van der Waals surface area contributed by atoms with Gasteiger partial charge >= 0.3 is 0 Å². The summed E-state index contributed by atoms with van der Waals surface area (Å²) in [6, 6.07) is 0.778. The molecule has 0 fully saturated rings. The van der Waals surface area contributed by atoms with E-state index in [9.17, 15) is 0 Å². The van der Waals surface area contributed by atoms with Crippen LogP contribution in [0.15, 0.2) is 13.2 Å². The van der Waals surface area contributed by atoms with Gasteiger partial charge in [0.1, 0.15) is 0 Å². The molecule has 1 heteroatoms. The van der Waals surface area contributed by atoms with Gasteiger partial charge in [0.25, 0.3) is 0 Å². The molecule has 0 aliphatic rings. The van der Waals surface area contributed by atoms with Gasteiger partial charge in [-0.3, -0.25) is 0 Å². The number of hydrogen-bond donors (Lipinski definition) is 0. The predicted octanol–water partition coefficient (Wildman–Crippen LogP) is 4.20. The molecule has 0 rings (SSSR count). The molecule has 0 aromatic carbocycles. The fourth-order valence-corrected chi connectivity index (χ4v) is 1.29. The molecule has 0 amide bonds. The Labute approximate surface area is 92.2 Å². The number of hydrogen-bond acceptors (Lipinski definition) is 1. The smallest absolute Gasteiger partial charge is 0.00889 e. The zero-order chi connectivity index (χ0) is 12.1. The Bertz CT molecular complexity index is 87.2. The molecule has 0 saturated carbocycles. The van der Waals surface area contributed by atoms with Crippen LogP contribution in [0.5, 0.6) is 0 Å². The van der Waals surface area contributed by atoms with E-state index in [2.05, 4.69) is 52.9 Å². The lowest BCUT2D eigenvalue weighted by Gasteiger charge is -2.24. The van der Waals surface area contributed by atoms with E-state index in [1.807, 2.05) is 13.8 Å². The van der Waals surface area contributed by atoms with Crippen LogP contribution < -0.4 is 0 Å². The second kappa shape index (κ2) is 15.2. The molecule has 0 bridgehead atoms. The van der Waals surface area contributed by atoms with E-state index in [0.717, 1.165) is 12.0 Å². The topological polar surface area (TPSA) is 3.24 Å². The van der Waals surface area contributed by atoms with E-state index >= 15 is 0 Å². The summed E-state index contributed by atoms with van der Waals surface area (Å²) in [7, 11) is 4.33. The normalized spacial score (nSPS) is 11.2. The summed E-state index contributed by atoms with van der Waals surface area (Å²) in [5, 5.41) is 0. The number of nitrogens with zero attached hydrogens (tertiary/aromatic N) is 1. The molecule has 0 heterocycles. The second-order valence-electron chi connectivity index (χ2n) is 3.66. The quantitative estimate of drug-likeness (QED) is 0.616. The lowest BCUT2D eigenvalue weighted by Crippen LogP contribution is -2.28. The van der Waals surface area contributed by atoms with Crippen molar-refractivity contribution in [3.8, 4) is 0 Å². The first-order valence-electron chi connectivity index (χ1n) is 5.74. The molecule has 0 aliphatic carbocycles. The summed E-state index contributed by atoms with van der Waals surface area (Å²) >= 11 is 0. The van der Waals surface area contributed by atoms with Crippen molar-refractivity contribution in [1.82, 2.24) is 4.90 Å². The van der Waals surface area contributed by atoms with E-state index in [1.165, 1.54) is 12.8 Å². The van der Waals surface area contributed by atoms with Gasteiger partial charge in [0.05, 0.1) is 0 Å². The first kappa shape index (κ1) is 19.3. The molecule has 0 aliphatic heterocycles. The van der Waals surface area contributed by atoms with Crippen LogP contribution in [-0.2, 0) is 0 Å². The molecule has 0 saturated heterocycles. The largest absolute Gasteiger partial charge is 0.306 e. The SMILES string of the molecule is C=C.CC.CCC(CC(C)C)N(C)C. The zero-order valence-corrected chi connectivity index (χ0v) is 11.4. The molecular formula is C13H31N. The maximum absolute atomic E-state index is 3.00. The van der Waals surface area contributed by atoms with Gasteiger partial charge in [-0.2, -0.15) is 0 Å². The highest BCUT2D eigenvalue weighted by atomic mass is 15.1. The van der Waals surface area contributed by atoms with E-state index in [1.54, 1.807) is 0 Å². The molecular weight excluding hydrogens is 170 g/mol. The van der Waals surface area contributed by atoms with Gasteiger partial charge in [-0.05, 0) is 32.9 Å². The van der Waals surface area contributed by atoms with E-state index < -0.39 is 0 Å². The lowest BCUT2D eigenvalue weighted by atomic mass is 10.0. The average molecular weight is 201 g/mol. The highest BCUT2D eigenvalue weighted by Gasteiger charge is 2.09. The minimum atomic E-state index is 0.778. The third-order valence-electron chi connectivity index (χ3n) is 1.95. The van der Waals surface area contributed by atoms with Gasteiger partial charge in [-0.15, -0.1) is 13.2 Å². The molecule has 88 valence electrons. The molecule has 1 nitrogen and oxygen atoms in total. The zero-order valence-electron chi connectivity index (χ0n) is 11.4. The van der Waals surface area contributed by atoms with Crippen molar-refractivity contribution in [2.24, 2.45) is 5.92 Å². The Balaban J connectivity index is -0.000000266. The van der Waals surface area contributed by atoms with Crippen molar-refractivity contribution in [2.75, 3.05) is 14.1 Å². The van der Waals surface area contributed by atoms with Gasteiger partial charge in [-0.1, -0.05) is 34.6 Å². The Kier molecular flexibility index (Phi) is 20.9. The Morgan fingerprint density at radius 1 is 1.07 bits per heavy atom. The van der Waals surface area contributed by atoms with Crippen molar-refractivity contribution >= 4 is 0 Å². The van der Waals surface area contributed by atoms with Crippen molar-refractivity contribution in [3.63, 3.8) is 0 Å². The average Bonchev–Trinajstić information content (AvgIpc) is 2.19. The maximum atomic E-state index is 3.00. The van der Waals surface area contributed by atoms with E-state index in [0.29, 0.717) is 0 Å². The Morgan fingerprint density at radius 2 is 1.43 bits per heavy atom. The van der Waals surface area contributed by atoms with Gasteiger partial charge < -0.3 is 4.90 Å². The lowest BCUT2D eigenvalue weighted by molar-refractivity contribution is 0.248. The summed E-state index contributed by atoms with van der Waals surface area (Å²) in [5.74, 6) is 0.826. The second-order valence-corrected chi connectivity index (χ2v) is 3.66. The monoisotopic (exact) mass is 201 g/mol. The van der Waals surface area contributed by atoms with Gasteiger partial charge in [-0.25, -0.2) is 0 Å². The summed E-state index contributed by atoms with van der Waals surface area (Å²) in [4.78, 5) is 2.32. The third-order valence-corrected chi connectivity index (χ3v) is 1.95. The fraction of sp³-hybridized carbons (Fsp3) is 0.846. The van der Waals surface area contributed by atoms with Crippen LogP contribution in [0.4, 0.5) is 0 Å². The molecule has 1 unspecified atom stereocenters. The molecule has 0 spiro atoms. The van der Waals surface area contributed by atoms with Crippen LogP contribution in [0.3, 0.4) is 0 Å². The van der Waals surface area contributed by atoms with Crippen LogP contribution in [0, 0.1) is 5.92 Å². The van der Waals surface area contributed by atoms with Crippen LogP contribution in [-0.4, -0.2) is 25.0 Å². The summed E-state index contributed by atoms with van der Waals surface area (Å²) in [6.07, 6.45) is 2.59. The highest BCUT2D eigenvalue weighted by Crippen LogP contribution is 2.11. The molecule has 0 radical (unpaired) electrons. The maximum Gasteiger partial charge on any atom is 0.00889 e. The predicted molar refractivity (Wildman–Crippen MR) is 69.8 cm³/mol. The molecule has 14 heavy (non-hydrogen) atoms. The third kappa shape index (κ3) is 14.2. The minimum Gasteiger partial charge on any atom is -0.306 e. The van der Waals surface area contributed by atoms with Crippen LogP contribution >= 0.6 is 0 Å². The van der Waals surface area contributed by atoms with Crippen molar-refractivity contribution in [2.45, 2.75) is 53.5 Å². The first-order valence-corrected chi connectivity index (χ1v) is 5.74. The highest BCUT2D eigenvalue weighted by molar-refractivity contribution is 4.65. The van der Waals surface area contributed by atoms with Crippen LogP contribution in [0.1, 0.15) is 47.5 Å². The van der Waals surface area contributed by atoms with Crippen LogP contribution in [0.2, 0.25) is 0 Å². The molecule has 0 aromatic rings. The van der Waals surface area contributed by atoms with Gasteiger partial charge in [0, 0.05) is 6.04 Å². The minimum absolute atomic E-state index is 0.778. The van der Waals surface area contributed by atoms with Gasteiger partial charge in [0.15, 0.2) is 0 Å². The van der Waals surface area contributed by atoms with Gasteiger partial charge in [0.2, 0.25) is 0 Å². The standard InChI is InChI=1S/C9H21N.C2H6.C2H4/c1-6-9(10(4)5)7-8(2)3;2*1-2/h8-9H,6-7H2,1-5H3;1-2H3;1-2H2. The van der Waals surface area contributed by atoms with Crippen molar-refractivity contribution in [1.29, 1.82) is 0 Å². The summed E-state index contributed by atoms with van der Waals surface area (Å²) in [5.41, 5.74) is 0. The Morgan fingerprint density at radius 3 is 1.50 bits per heavy atom. The molecule has 0 N–H and O–H groups in total. The van der Waals surface area contributed by atoms with E-state index in [-0.39, 0.29) is 0 Å². The fourth-order valence-electron chi connectivity index (χ4n) is 1.29. The van der Waals surface area contributed by atoms with Crippen molar-refractivity contribution < 1.29 is 0 Å². The molecule has 1 atom stereocenters. The van der Waals surface area contributed by atoms with Crippen molar-refractivity contribution in [3.05, 3.63) is 13.2 Å². The summed E-state index contributed by atoms with van der Waals surface area (Å²) < 4.78 is 0. The van der Waals surface area contributed by atoms with Crippen LogP contribution in [0.25, 0.3) is 0 Å². The summed E-state index contributed by atoms with van der Waals surface area (Å²) in [6.45, 7) is 16.8. The first-order chi connectivity index (χ1) is 6.57.